The van der Waals surface area contributed by atoms with E-state index in [0.717, 1.165) is 12.8 Å². The summed E-state index contributed by atoms with van der Waals surface area (Å²) in [7, 11) is 0. The summed E-state index contributed by atoms with van der Waals surface area (Å²) in [4.78, 5) is 23.3. The fourth-order valence-electron chi connectivity index (χ4n) is 4.45. The molecule has 0 radical (unpaired) electrons. The van der Waals surface area contributed by atoms with Crippen molar-refractivity contribution in [2.75, 3.05) is 6.61 Å². The van der Waals surface area contributed by atoms with Gasteiger partial charge < -0.3 is 12.7 Å². The molecule has 0 saturated heterocycles. The standard InChI is InChI=1S/C30H50O4.Ca.2H/c1-2-3-4-5-6-7-8-9-10-11-12-13-14-15-16-17-18-19-20-23-26-34-30(33)28-25-22-21-24-27(28)29(31)32;;;/h21-22,24-25H,2-20,23,26H2,1H3,(H,31,32);;;/q;+2;2*-1. The van der Waals surface area contributed by atoms with Crippen molar-refractivity contribution in [1.82, 2.24) is 0 Å². The quantitative estimate of drug-likeness (QED) is 0.0894. The Morgan fingerprint density at radius 1 is 0.629 bits per heavy atom. The smallest absolute Gasteiger partial charge is 1.00 e. The van der Waals surface area contributed by atoms with E-state index in [1.165, 1.54) is 128 Å². The van der Waals surface area contributed by atoms with Crippen molar-refractivity contribution in [2.45, 2.75) is 135 Å². The van der Waals surface area contributed by atoms with Crippen LogP contribution in [0.4, 0.5) is 0 Å². The Labute approximate surface area is 248 Å². The summed E-state index contributed by atoms with van der Waals surface area (Å²) in [6.45, 7) is 2.63. The van der Waals surface area contributed by atoms with Crippen molar-refractivity contribution in [3.8, 4) is 0 Å². The van der Waals surface area contributed by atoms with Crippen LogP contribution in [0.25, 0.3) is 0 Å². The number of rotatable bonds is 23. The van der Waals surface area contributed by atoms with Gasteiger partial charge >= 0.3 is 49.7 Å². The Morgan fingerprint density at radius 2 is 0.971 bits per heavy atom. The average molecular weight is 517 g/mol. The van der Waals surface area contributed by atoms with E-state index in [1.807, 2.05) is 0 Å². The van der Waals surface area contributed by atoms with Gasteiger partial charge in [0.2, 0.25) is 0 Å². The maximum absolute atomic E-state index is 12.1. The Kier molecular flexibility index (Phi) is 24.7. The van der Waals surface area contributed by atoms with Gasteiger partial charge in [-0.25, -0.2) is 9.59 Å². The van der Waals surface area contributed by atoms with Crippen LogP contribution in [0.5, 0.6) is 0 Å². The summed E-state index contributed by atoms with van der Waals surface area (Å²) in [5, 5.41) is 9.15. The molecule has 0 aliphatic rings. The van der Waals surface area contributed by atoms with E-state index in [0.29, 0.717) is 6.61 Å². The summed E-state index contributed by atoms with van der Waals surface area (Å²) in [5.74, 6) is -1.65. The van der Waals surface area contributed by atoms with Crippen LogP contribution >= 0.6 is 0 Å². The minimum absolute atomic E-state index is 0. The molecule has 0 aliphatic carbocycles. The Morgan fingerprint density at radius 3 is 1.34 bits per heavy atom. The third-order valence-corrected chi connectivity index (χ3v) is 6.61. The van der Waals surface area contributed by atoms with Gasteiger partial charge in [-0.1, -0.05) is 141 Å². The van der Waals surface area contributed by atoms with E-state index in [-0.39, 0.29) is 51.7 Å². The molecule has 1 rings (SSSR count). The third-order valence-electron chi connectivity index (χ3n) is 6.61. The van der Waals surface area contributed by atoms with Crippen molar-refractivity contribution in [2.24, 2.45) is 0 Å². The number of carboxylic acid groups (broad SMARTS) is 1. The van der Waals surface area contributed by atoms with Gasteiger partial charge in [0.05, 0.1) is 17.7 Å². The summed E-state index contributed by atoms with van der Waals surface area (Å²) in [6, 6.07) is 6.19. The molecule has 0 atom stereocenters. The summed E-state index contributed by atoms with van der Waals surface area (Å²) < 4.78 is 5.25. The topological polar surface area (TPSA) is 63.6 Å². The second-order valence-corrected chi connectivity index (χ2v) is 9.70. The van der Waals surface area contributed by atoms with Crippen molar-refractivity contribution in [3.05, 3.63) is 35.4 Å². The number of hydrogen-bond acceptors (Lipinski definition) is 3. The molecule has 35 heavy (non-hydrogen) atoms. The van der Waals surface area contributed by atoms with Crippen molar-refractivity contribution < 1.29 is 22.3 Å². The van der Waals surface area contributed by atoms with Crippen molar-refractivity contribution in [1.29, 1.82) is 0 Å². The van der Waals surface area contributed by atoms with Crippen LogP contribution in [0, 0.1) is 0 Å². The third kappa shape index (κ3) is 19.2. The first-order valence-electron chi connectivity index (χ1n) is 14.2. The van der Waals surface area contributed by atoms with Gasteiger partial charge in [0.15, 0.2) is 0 Å². The number of carbonyl (C=O) groups excluding carboxylic acids is 1. The first-order chi connectivity index (χ1) is 16.7. The predicted octanol–water partition coefficient (Wildman–Crippen LogP) is 9.21. The molecule has 0 unspecified atom stereocenters. The van der Waals surface area contributed by atoms with E-state index in [9.17, 15) is 9.59 Å². The predicted molar refractivity (Wildman–Crippen MR) is 150 cm³/mol. The van der Waals surface area contributed by atoms with Crippen LogP contribution in [0.2, 0.25) is 0 Å². The van der Waals surface area contributed by atoms with Gasteiger partial charge in [0.25, 0.3) is 0 Å². The molecule has 4 nitrogen and oxygen atoms in total. The molecule has 0 aliphatic heterocycles. The zero-order valence-electron chi connectivity index (χ0n) is 24.5. The molecular weight excluding hydrogens is 464 g/mol. The molecule has 0 heterocycles. The molecule has 0 amide bonds. The number of ether oxygens (including phenoxy) is 1. The molecule has 1 N–H and O–H groups in total. The number of aromatic carboxylic acids is 1. The first kappa shape index (κ1) is 34.4. The number of hydrogen-bond donors (Lipinski definition) is 1. The molecule has 1 aromatic carbocycles. The monoisotopic (exact) mass is 516 g/mol. The van der Waals surface area contributed by atoms with Gasteiger partial charge in [-0.3, -0.25) is 0 Å². The average Bonchev–Trinajstić information content (AvgIpc) is 2.84. The fourth-order valence-corrected chi connectivity index (χ4v) is 4.45. The molecule has 0 saturated carbocycles. The molecule has 5 heteroatoms. The van der Waals surface area contributed by atoms with Crippen LogP contribution in [0.3, 0.4) is 0 Å². The SMILES string of the molecule is CCCCCCCCCCCCCCCCCCCCCCOC(=O)c1ccccc1C(=O)O.[Ca+2].[H-].[H-]. The fraction of sp³-hybridized carbons (Fsp3) is 0.733. The van der Waals surface area contributed by atoms with Gasteiger partial charge in [0.1, 0.15) is 0 Å². The van der Waals surface area contributed by atoms with E-state index >= 15 is 0 Å². The maximum atomic E-state index is 12.1. The summed E-state index contributed by atoms with van der Waals surface area (Å²) in [6.07, 6.45) is 26.7. The van der Waals surface area contributed by atoms with Gasteiger partial charge in [0, 0.05) is 0 Å². The second kappa shape index (κ2) is 25.1. The Bertz CT molecular complexity index is 658. The largest absolute Gasteiger partial charge is 2.00 e. The molecular formula is C30H52CaO4. The molecule has 198 valence electrons. The van der Waals surface area contributed by atoms with Crippen LogP contribution in [-0.2, 0) is 4.74 Å². The van der Waals surface area contributed by atoms with Crippen molar-refractivity contribution in [3.63, 3.8) is 0 Å². The number of benzene rings is 1. The van der Waals surface area contributed by atoms with Gasteiger partial charge in [-0.15, -0.1) is 0 Å². The minimum Gasteiger partial charge on any atom is -1.00 e. The minimum atomic E-state index is -1.11. The molecule has 0 spiro atoms. The van der Waals surface area contributed by atoms with E-state index < -0.39 is 11.9 Å². The molecule has 0 fully saturated rings. The maximum Gasteiger partial charge on any atom is 2.00 e. The zero-order chi connectivity index (χ0) is 24.7. The van der Waals surface area contributed by atoms with E-state index in [1.54, 1.807) is 12.1 Å². The van der Waals surface area contributed by atoms with Crippen LogP contribution < -0.4 is 0 Å². The Balaban J connectivity index is -0.00000385. The van der Waals surface area contributed by atoms with Gasteiger partial charge in [-0.2, -0.15) is 0 Å². The first-order valence-corrected chi connectivity index (χ1v) is 14.2. The Hall–Kier alpha value is -0.580. The zero-order valence-corrected chi connectivity index (χ0v) is 24.7. The molecule has 0 aromatic heterocycles. The molecule has 0 bridgehead atoms. The van der Waals surface area contributed by atoms with E-state index in [4.69, 9.17) is 9.84 Å². The number of esters is 1. The van der Waals surface area contributed by atoms with Crippen molar-refractivity contribution >= 4 is 49.7 Å². The number of carbonyl (C=O) groups is 2. The normalized spacial score (nSPS) is 10.7. The number of unbranched alkanes of at least 4 members (excludes halogenated alkanes) is 19. The van der Waals surface area contributed by atoms with Crippen LogP contribution in [-0.4, -0.2) is 61.4 Å². The summed E-state index contributed by atoms with van der Waals surface area (Å²) >= 11 is 0. The van der Waals surface area contributed by atoms with Crippen LogP contribution in [0.15, 0.2) is 24.3 Å². The van der Waals surface area contributed by atoms with Crippen LogP contribution in [0.1, 0.15) is 159 Å². The second-order valence-electron chi connectivity index (χ2n) is 9.70. The van der Waals surface area contributed by atoms with Gasteiger partial charge in [-0.05, 0) is 18.6 Å². The van der Waals surface area contributed by atoms with E-state index in [2.05, 4.69) is 6.92 Å². The summed E-state index contributed by atoms with van der Waals surface area (Å²) in [5.41, 5.74) is 0.124. The number of carboxylic acids is 1. The molecule has 1 aromatic rings.